The Morgan fingerprint density at radius 1 is 1.21 bits per heavy atom. The van der Waals surface area contributed by atoms with Crippen LogP contribution in [-0.2, 0) is 12.8 Å². The standard InChI is InChI=1S/C18H24N4O2/c1-4-15-21-22-16(24-15)8-13-5-6-14(7-13)20-18(23)17-11(2)9-19-10-12(17)3/h9-10,13-14H,4-8H2,1-3H3,(H,20,23)/t13-,14+/m1/s1. The zero-order chi connectivity index (χ0) is 17.1. The Kier molecular flexibility index (Phi) is 4.92. The lowest BCUT2D eigenvalue weighted by Crippen LogP contribution is -2.34. The van der Waals surface area contributed by atoms with Crippen molar-refractivity contribution in [2.24, 2.45) is 5.92 Å². The average molecular weight is 328 g/mol. The second-order valence-corrected chi connectivity index (χ2v) is 6.64. The lowest BCUT2D eigenvalue weighted by atomic mass is 10.0. The Bertz CT molecular complexity index is 705. The summed E-state index contributed by atoms with van der Waals surface area (Å²) in [5.41, 5.74) is 2.58. The van der Waals surface area contributed by atoms with Gasteiger partial charge in [-0.1, -0.05) is 6.92 Å². The van der Waals surface area contributed by atoms with Crippen LogP contribution in [0.15, 0.2) is 16.8 Å². The molecule has 1 aliphatic rings. The first-order valence-electron chi connectivity index (χ1n) is 8.60. The molecule has 24 heavy (non-hydrogen) atoms. The van der Waals surface area contributed by atoms with E-state index in [2.05, 4.69) is 20.5 Å². The summed E-state index contributed by atoms with van der Waals surface area (Å²) in [6.07, 6.45) is 8.06. The van der Waals surface area contributed by atoms with Crippen LogP contribution in [0.3, 0.4) is 0 Å². The number of amides is 1. The number of aromatic nitrogens is 3. The van der Waals surface area contributed by atoms with E-state index in [1.54, 1.807) is 12.4 Å². The predicted molar refractivity (Wildman–Crippen MR) is 89.7 cm³/mol. The highest BCUT2D eigenvalue weighted by Gasteiger charge is 2.28. The fourth-order valence-electron chi connectivity index (χ4n) is 3.47. The molecular weight excluding hydrogens is 304 g/mol. The summed E-state index contributed by atoms with van der Waals surface area (Å²) >= 11 is 0. The highest BCUT2D eigenvalue weighted by molar-refractivity contribution is 5.97. The summed E-state index contributed by atoms with van der Waals surface area (Å²) in [7, 11) is 0. The van der Waals surface area contributed by atoms with Crippen molar-refractivity contribution in [3.8, 4) is 0 Å². The maximum absolute atomic E-state index is 12.6. The van der Waals surface area contributed by atoms with Gasteiger partial charge in [0.1, 0.15) is 0 Å². The van der Waals surface area contributed by atoms with Gasteiger partial charge in [-0.2, -0.15) is 0 Å². The number of nitrogens with zero attached hydrogens (tertiary/aromatic N) is 3. The van der Waals surface area contributed by atoms with Crippen LogP contribution in [0.4, 0.5) is 0 Å². The van der Waals surface area contributed by atoms with Crippen molar-refractivity contribution in [3.05, 3.63) is 40.9 Å². The molecule has 2 heterocycles. The third-order valence-electron chi connectivity index (χ3n) is 4.70. The maximum Gasteiger partial charge on any atom is 0.252 e. The highest BCUT2D eigenvalue weighted by Crippen LogP contribution is 2.29. The largest absolute Gasteiger partial charge is 0.425 e. The number of hydrogen-bond acceptors (Lipinski definition) is 5. The van der Waals surface area contributed by atoms with Crippen LogP contribution in [-0.4, -0.2) is 27.1 Å². The number of aryl methyl sites for hydroxylation is 3. The Hall–Kier alpha value is -2.24. The SMILES string of the molecule is CCc1nnc(C[C@@H]2CC[C@H](NC(=O)c3c(C)cncc3C)C2)o1. The first-order valence-corrected chi connectivity index (χ1v) is 8.60. The van der Waals surface area contributed by atoms with Gasteiger partial charge < -0.3 is 9.73 Å². The molecule has 2 aromatic heterocycles. The van der Waals surface area contributed by atoms with Crippen LogP contribution in [0.5, 0.6) is 0 Å². The fourth-order valence-corrected chi connectivity index (χ4v) is 3.47. The summed E-state index contributed by atoms with van der Waals surface area (Å²) in [6.45, 7) is 5.85. The molecule has 0 spiro atoms. The average Bonchev–Trinajstić information content (AvgIpc) is 3.17. The second-order valence-electron chi connectivity index (χ2n) is 6.64. The number of carbonyl (C=O) groups is 1. The summed E-state index contributed by atoms with van der Waals surface area (Å²) in [6, 6.07) is 0.211. The molecule has 1 N–H and O–H groups in total. The van der Waals surface area contributed by atoms with Crippen molar-refractivity contribution >= 4 is 5.91 Å². The first-order chi connectivity index (χ1) is 11.6. The number of rotatable bonds is 5. The van der Waals surface area contributed by atoms with E-state index >= 15 is 0 Å². The van der Waals surface area contributed by atoms with Gasteiger partial charge in [0, 0.05) is 36.8 Å². The molecule has 1 aliphatic carbocycles. The van der Waals surface area contributed by atoms with Crippen molar-refractivity contribution in [1.82, 2.24) is 20.5 Å². The molecule has 0 saturated heterocycles. The van der Waals surface area contributed by atoms with E-state index in [-0.39, 0.29) is 11.9 Å². The fraction of sp³-hybridized carbons (Fsp3) is 0.556. The lowest BCUT2D eigenvalue weighted by Gasteiger charge is -2.15. The minimum atomic E-state index is 0.00381. The minimum Gasteiger partial charge on any atom is -0.425 e. The van der Waals surface area contributed by atoms with Gasteiger partial charge in [-0.3, -0.25) is 9.78 Å². The Morgan fingerprint density at radius 3 is 2.58 bits per heavy atom. The van der Waals surface area contributed by atoms with Crippen molar-refractivity contribution < 1.29 is 9.21 Å². The van der Waals surface area contributed by atoms with Gasteiger partial charge in [0.2, 0.25) is 11.8 Å². The lowest BCUT2D eigenvalue weighted by molar-refractivity contribution is 0.0935. The van der Waals surface area contributed by atoms with Crippen LogP contribution in [0, 0.1) is 19.8 Å². The number of nitrogens with one attached hydrogen (secondary N) is 1. The van der Waals surface area contributed by atoms with E-state index in [1.165, 1.54) is 0 Å². The van der Waals surface area contributed by atoms with Gasteiger partial charge in [-0.15, -0.1) is 10.2 Å². The van der Waals surface area contributed by atoms with Gasteiger partial charge in [0.25, 0.3) is 5.91 Å². The van der Waals surface area contributed by atoms with Crippen molar-refractivity contribution in [1.29, 1.82) is 0 Å². The zero-order valence-corrected chi connectivity index (χ0v) is 14.5. The normalized spacial score (nSPS) is 20.3. The molecule has 2 atom stereocenters. The topological polar surface area (TPSA) is 80.9 Å². The van der Waals surface area contributed by atoms with Crippen LogP contribution >= 0.6 is 0 Å². The van der Waals surface area contributed by atoms with E-state index in [9.17, 15) is 4.79 Å². The molecule has 1 fully saturated rings. The summed E-state index contributed by atoms with van der Waals surface area (Å²) in [5, 5.41) is 11.3. The second kappa shape index (κ2) is 7.11. The van der Waals surface area contributed by atoms with Crippen LogP contribution in [0.2, 0.25) is 0 Å². The molecule has 128 valence electrons. The summed E-state index contributed by atoms with van der Waals surface area (Å²) < 4.78 is 5.60. The minimum absolute atomic E-state index is 0.00381. The Labute approximate surface area is 142 Å². The Morgan fingerprint density at radius 2 is 1.92 bits per heavy atom. The quantitative estimate of drug-likeness (QED) is 0.913. The monoisotopic (exact) mass is 328 g/mol. The van der Waals surface area contributed by atoms with E-state index in [4.69, 9.17) is 4.42 Å². The van der Waals surface area contributed by atoms with Crippen LogP contribution < -0.4 is 5.32 Å². The van der Waals surface area contributed by atoms with Gasteiger partial charge in [-0.05, 0) is 50.2 Å². The first kappa shape index (κ1) is 16.6. The molecule has 2 aromatic rings. The van der Waals surface area contributed by atoms with E-state index < -0.39 is 0 Å². The van der Waals surface area contributed by atoms with Crippen molar-refractivity contribution in [3.63, 3.8) is 0 Å². The highest BCUT2D eigenvalue weighted by atomic mass is 16.4. The van der Waals surface area contributed by atoms with Gasteiger partial charge >= 0.3 is 0 Å². The number of carbonyl (C=O) groups excluding carboxylic acids is 1. The van der Waals surface area contributed by atoms with E-state index in [0.29, 0.717) is 17.7 Å². The molecular formula is C18H24N4O2. The number of pyridine rings is 1. The molecule has 0 bridgehead atoms. The molecule has 1 saturated carbocycles. The third-order valence-corrected chi connectivity index (χ3v) is 4.70. The van der Waals surface area contributed by atoms with Gasteiger partial charge in [0.05, 0.1) is 0 Å². The molecule has 0 aromatic carbocycles. The zero-order valence-electron chi connectivity index (χ0n) is 14.5. The van der Waals surface area contributed by atoms with Crippen LogP contribution in [0.25, 0.3) is 0 Å². The maximum atomic E-state index is 12.6. The number of hydrogen-bond donors (Lipinski definition) is 1. The van der Waals surface area contributed by atoms with Gasteiger partial charge in [0.15, 0.2) is 0 Å². The van der Waals surface area contributed by atoms with E-state index in [1.807, 2.05) is 20.8 Å². The van der Waals surface area contributed by atoms with Crippen molar-refractivity contribution in [2.45, 2.75) is 58.9 Å². The summed E-state index contributed by atoms with van der Waals surface area (Å²) in [4.78, 5) is 16.7. The molecule has 1 amide bonds. The Balaban J connectivity index is 1.57. The van der Waals surface area contributed by atoms with Gasteiger partial charge in [-0.25, -0.2) is 0 Å². The molecule has 3 rings (SSSR count). The molecule has 0 radical (unpaired) electrons. The molecule has 6 heteroatoms. The van der Waals surface area contributed by atoms with Crippen LogP contribution in [0.1, 0.15) is 59.5 Å². The smallest absolute Gasteiger partial charge is 0.252 e. The van der Waals surface area contributed by atoms with Crippen molar-refractivity contribution in [2.75, 3.05) is 0 Å². The molecule has 0 unspecified atom stereocenters. The third kappa shape index (κ3) is 3.63. The summed E-state index contributed by atoms with van der Waals surface area (Å²) in [5.74, 6) is 1.89. The predicted octanol–water partition coefficient (Wildman–Crippen LogP) is 2.79. The molecule has 6 nitrogen and oxygen atoms in total. The molecule has 0 aliphatic heterocycles. The van der Waals surface area contributed by atoms with E-state index in [0.717, 1.165) is 48.8 Å².